The Hall–Kier alpha value is -1.29. The predicted molar refractivity (Wildman–Crippen MR) is 302 cm³/mol. The van der Waals surface area contributed by atoms with Crippen molar-refractivity contribution in [2.45, 2.75) is 273 Å². The number of carbonyl (C=O) groups excluding carboxylic acids is 2. The Morgan fingerprint density at radius 1 is 0.703 bits per heavy atom. The molecule has 6 heterocycles. The molecule has 10 aliphatic rings. The molecule has 0 amide bonds. The number of carbonyl (C=O) groups is 2. The van der Waals surface area contributed by atoms with Crippen LogP contribution in [0.5, 0.6) is 0 Å². The monoisotopic (exact) mass is 1340 g/mol. The predicted octanol–water partition coefficient (Wildman–Crippen LogP) is -3.83. The molecule has 11 N–H and O–H groups in total. The summed E-state index contributed by atoms with van der Waals surface area (Å²) in [5, 5.41) is 111. The molecule has 4 aliphatic carbocycles. The fraction of sp³-hybridized carbons (Fsp3) is 0.933. The first-order valence-electron chi connectivity index (χ1n) is 31.6. The number of aliphatic hydroxyl groups excluding tert-OH is 10. The molecule has 31 heteroatoms. The Kier molecular flexibility index (Phi) is 22.9. The maximum atomic E-state index is 14.8. The summed E-state index contributed by atoms with van der Waals surface area (Å²) in [4.78, 5) is 27.6. The molecular weight excluding hydrogens is 1240 g/mol. The van der Waals surface area contributed by atoms with E-state index in [0.717, 1.165) is 12.8 Å². The standard InChI is InChI=1S/C60H96O29S.Na/c1-25(2)12-11-17-59(9)49-32(81-27(4)62)20-58(8)29-13-14-35-56(5,6)36(16-18-57(35,7)28(29)15-19-60(49,58)55(72)88-59)83-53-47(39(67)34(24-79-53)89-90(73,74)75)87-54-48(86-50-40(68)37(65)30(63)22-77-50)41(69)44(26(3)80-54)84-51-42(70)45(31(64)23-78-51)85-52-43(71)46(76-10)38(66)33(21-61)82-52;/h13,25-26,28,30-54,61,63-71H,11-12,14-24H2,1-10H3,(H,73,74,75);/q;+1/t26?,28-,30?,31?,32+,33?,34?,35?,36+,37?,38?,39?,40?,41?,42?,43?,44?,45?,46?,47?,48?,49-,50?,51?,52?,53?,54?,57-,58+,59+,60?;/m1./s1. The molecule has 516 valence electrons. The SMILES string of the molecule is COC1C(O)C(CO)OC(OC2C(O)COC(OC3C(C)OC(OC4C(O[C@H]5CC[C@@]6(C)C(CC=C7[C@H]6CCC68C(=O)O[C@@](C)(CCCC(C)C)[C@H]6[C@@H](OC(C)=O)C[C@@]78C)C5(C)C)OCC(OS(=O)(=O)O)C4O)C(OC4OCC(O)C(O)C4O)C3O)C2O)C1O.[Na+]. The molecule has 0 aromatic carbocycles. The van der Waals surface area contributed by atoms with Crippen LogP contribution in [-0.2, 0) is 85.8 Å². The van der Waals surface area contributed by atoms with E-state index < -0.39 is 212 Å². The minimum Gasteiger partial charge on any atom is -0.462 e. The van der Waals surface area contributed by atoms with E-state index in [1.807, 2.05) is 6.92 Å². The van der Waals surface area contributed by atoms with E-state index in [0.29, 0.717) is 50.9 Å². The number of hydrogen-bond acceptors (Lipinski definition) is 28. The van der Waals surface area contributed by atoms with Crippen molar-refractivity contribution in [1.29, 1.82) is 0 Å². The second kappa shape index (κ2) is 28.1. The Morgan fingerprint density at radius 3 is 1.97 bits per heavy atom. The molecule has 9 fully saturated rings. The van der Waals surface area contributed by atoms with Gasteiger partial charge in [-0.15, -0.1) is 0 Å². The third-order valence-corrected chi connectivity index (χ3v) is 22.6. The largest absolute Gasteiger partial charge is 1.00 e. The van der Waals surface area contributed by atoms with Crippen LogP contribution in [0.1, 0.15) is 120 Å². The fourth-order valence-electron chi connectivity index (χ4n) is 17.7. The summed E-state index contributed by atoms with van der Waals surface area (Å²) in [5.74, 6) is -0.620. The van der Waals surface area contributed by atoms with Crippen LogP contribution >= 0.6 is 0 Å². The number of ether oxygens (including phenoxy) is 13. The van der Waals surface area contributed by atoms with Crippen LogP contribution in [0.2, 0.25) is 0 Å². The van der Waals surface area contributed by atoms with Gasteiger partial charge in [-0.1, -0.05) is 59.6 Å². The first-order chi connectivity index (χ1) is 42.2. The van der Waals surface area contributed by atoms with Crippen molar-refractivity contribution in [3.63, 3.8) is 0 Å². The number of hydrogen-bond donors (Lipinski definition) is 11. The molecule has 91 heavy (non-hydrogen) atoms. The van der Waals surface area contributed by atoms with Crippen molar-refractivity contribution in [3.05, 3.63) is 11.6 Å². The van der Waals surface area contributed by atoms with Gasteiger partial charge in [0.1, 0.15) is 109 Å². The quantitative estimate of drug-likeness (QED) is 0.0255. The van der Waals surface area contributed by atoms with Crippen molar-refractivity contribution in [3.8, 4) is 0 Å². The number of fused-ring (bicyclic) bond motifs is 4. The number of methoxy groups -OCH3 is 1. The fourth-order valence-corrected chi connectivity index (χ4v) is 18.2. The first kappa shape index (κ1) is 73.9. The number of esters is 2. The van der Waals surface area contributed by atoms with Gasteiger partial charge in [0.2, 0.25) is 0 Å². The van der Waals surface area contributed by atoms with Crippen LogP contribution in [0.25, 0.3) is 0 Å². The third kappa shape index (κ3) is 13.6. The van der Waals surface area contributed by atoms with Crippen molar-refractivity contribution >= 4 is 22.3 Å². The normalized spacial score (nSPS) is 49.7. The summed E-state index contributed by atoms with van der Waals surface area (Å²) in [6, 6.07) is 0. The zero-order chi connectivity index (χ0) is 65.7. The molecule has 10 rings (SSSR count). The van der Waals surface area contributed by atoms with E-state index in [1.165, 1.54) is 26.5 Å². The maximum absolute atomic E-state index is 14.8. The molecule has 1 spiro atoms. The average molecular weight is 1340 g/mol. The van der Waals surface area contributed by atoms with E-state index >= 15 is 0 Å². The Morgan fingerprint density at radius 2 is 1.32 bits per heavy atom. The van der Waals surface area contributed by atoms with Crippen LogP contribution in [0.15, 0.2) is 11.6 Å². The summed E-state index contributed by atoms with van der Waals surface area (Å²) in [7, 11) is -4.06. The molecule has 6 aliphatic heterocycles. The van der Waals surface area contributed by atoms with Crippen LogP contribution in [0, 0.1) is 45.3 Å². The van der Waals surface area contributed by atoms with E-state index in [2.05, 4.69) is 47.6 Å². The Labute approximate surface area is 552 Å². The second-order valence-corrected chi connectivity index (χ2v) is 29.5. The van der Waals surface area contributed by atoms with Crippen LogP contribution in [0.4, 0.5) is 0 Å². The van der Waals surface area contributed by atoms with Gasteiger partial charge in [0.25, 0.3) is 0 Å². The number of aliphatic hydroxyl groups is 10. The number of cyclic esters (lactones) is 1. The summed E-state index contributed by atoms with van der Waals surface area (Å²) in [6.45, 7) is 15.2. The van der Waals surface area contributed by atoms with E-state index in [1.54, 1.807) is 0 Å². The minimum absolute atomic E-state index is 0. The second-order valence-electron chi connectivity index (χ2n) is 28.4. The van der Waals surface area contributed by atoms with Gasteiger partial charge in [-0.05, 0) is 93.8 Å². The molecule has 0 radical (unpaired) electrons. The molecule has 0 aromatic heterocycles. The maximum Gasteiger partial charge on any atom is 1.00 e. The Balaban J connectivity index is 0.00000980. The molecule has 31 atom stereocenters. The van der Waals surface area contributed by atoms with Crippen molar-refractivity contribution in [2.75, 3.05) is 33.5 Å². The van der Waals surface area contributed by atoms with Crippen LogP contribution in [-0.4, -0.2) is 263 Å². The summed E-state index contributed by atoms with van der Waals surface area (Å²) < 4.78 is 118. The summed E-state index contributed by atoms with van der Waals surface area (Å²) in [5.41, 5.74) is -2.36. The zero-order valence-electron chi connectivity index (χ0n) is 53.6. The van der Waals surface area contributed by atoms with Gasteiger partial charge in [0.15, 0.2) is 31.5 Å². The van der Waals surface area contributed by atoms with Gasteiger partial charge in [-0.2, -0.15) is 8.42 Å². The third-order valence-electron chi connectivity index (χ3n) is 22.1. The van der Waals surface area contributed by atoms with E-state index in [4.69, 9.17) is 65.8 Å². The van der Waals surface area contributed by atoms with E-state index in [-0.39, 0.29) is 58.7 Å². The number of allylic oxidation sites excluding steroid dienone is 2. The number of rotatable bonds is 19. The smallest absolute Gasteiger partial charge is 0.462 e. The van der Waals surface area contributed by atoms with Crippen molar-refractivity contribution in [2.24, 2.45) is 45.3 Å². The van der Waals surface area contributed by atoms with E-state index in [9.17, 15) is 73.6 Å². The van der Waals surface area contributed by atoms with Gasteiger partial charge in [-0.3, -0.25) is 14.1 Å². The van der Waals surface area contributed by atoms with Crippen LogP contribution in [0.3, 0.4) is 0 Å². The Bertz CT molecular complexity index is 2680. The van der Waals surface area contributed by atoms with Crippen molar-refractivity contribution in [1.82, 2.24) is 0 Å². The molecular formula is C60H96NaO29S+. The minimum atomic E-state index is -5.26. The zero-order valence-corrected chi connectivity index (χ0v) is 56.4. The molecule has 6 saturated heterocycles. The molecule has 0 aromatic rings. The van der Waals surface area contributed by atoms with Gasteiger partial charge in [0, 0.05) is 19.4 Å². The summed E-state index contributed by atoms with van der Waals surface area (Å²) in [6.07, 6.45) is -30.9. The molecule has 3 saturated carbocycles. The summed E-state index contributed by atoms with van der Waals surface area (Å²) >= 11 is 0. The molecule has 29 nitrogen and oxygen atoms in total. The van der Waals surface area contributed by atoms with Gasteiger partial charge in [0.05, 0.1) is 50.0 Å². The first-order valence-corrected chi connectivity index (χ1v) is 33.0. The van der Waals surface area contributed by atoms with Gasteiger partial charge in [-0.25, -0.2) is 4.18 Å². The van der Waals surface area contributed by atoms with Gasteiger partial charge >= 0.3 is 51.9 Å². The average Bonchev–Trinajstić information content (AvgIpc) is 1.53. The van der Waals surface area contributed by atoms with Gasteiger partial charge < -0.3 is 113 Å². The molecule has 0 bridgehead atoms. The van der Waals surface area contributed by atoms with Crippen LogP contribution < -0.4 is 29.6 Å². The topological polar surface area (TPSA) is 420 Å². The van der Waals surface area contributed by atoms with Crippen molar-refractivity contribution < 1.29 is 169 Å². The molecule has 24 unspecified atom stereocenters.